The third-order valence-electron chi connectivity index (χ3n) is 10.5. The zero-order valence-corrected chi connectivity index (χ0v) is 34.1. The fourth-order valence-electron chi connectivity index (χ4n) is 7.21. The summed E-state index contributed by atoms with van der Waals surface area (Å²) in [5, 5.41) is 12.1. The number of hydrogen-bond donors (Lipinski definition) is 2. The van der Waals surface area contributed by atoms with E-state index in [-0.39, 0.29) is 31.4 Å². The quantitative estimate of drug-likeness (QED) is 0.0919. The van der Waals surface area contributed by atoms with Crippen LogP contribution in [0.15, 0.2) is 124 Å². The number of aliphatic imine (C=N–C) groups is 3. The Kier molecular flexibility index (Phi) is 12.4. The highest BCUT2D eigenvalue weighted by molar-refractivity contribution is 6.51. The van der Waals surface area contributed by atoms with Gasteiger partial charge in [-0.2, -0.15) is 0 Å². The van der Waals surface area contributed by atoms with E-state index < -0.39 is 59.8 Å². The summed E-state index contributed by atoms with van der Waals surface area (Å²) in [5.74, 6) is 0.967. The third kappa shape index (κ3) is 8.40. The Morgan fingerprint density at radius 3 is 2.02 bits per heavy atom. The maximum Gasteiger partial charge on any atom is 0.313 e. The van der Waals surface area contributed by atoms with Crippen molar-refractivity contribution in [2.45, 2.75) is 56.6 Å². The minimum Gasteiger partial charge on any atom is -0.497 e. The van der Waals surface area contributed by atoms with Crippen molar-refractivity contribution in [3.63, 3.8) is 0 Å². The lowest BCUT2D eigenvalue weighted by Gasteiger charge is -2.37. The van der Waals surface area contributed by atoms with Crippen molar-refractivity contribution in [1.82, 2.24) is 4.90 Å². The first-order valence-electron chi connectivity index (χ1n) is 19.4. The Hall–Kier alpha value is -5.97. The first kappa shape index (κ1) is 42.2. The Bertz CT molecular complexity index is 2160. The van der Waals surface area contributed by atoms with Gasteiger partial charge in [0, 0.05) is 0 Å². The highest BCUT2D eigenvalue weighted by Crippen LogP contribution is 2.43. The summed E-state index contributed by atoms with van der Waals surface area (Å²) < 4.78 is 42.0. The minimum absolute atomic E-state index is 0.0679. The number of ether oxygens (including phenoxy) is 7. The van der Waals surface area contributed by atoms with Crippen LogP contribution in [0.3, 0.4) is 0 Å². The molecule has 3 N–H and O–H groups in total. The van der Waals surface area contributed by atoms with E-state index in [0.29, 0.717) is 17.2 Å². The van der Waals surface area contributed by atoms with Gasteiger partial charge in [0.25, 0.3) is 0 Å². The highest BCUT2D eigenvalue weighted by atomic mass is 16.7. The molecule has 15 heteroatoms. The molecule has 0 spiro atoms. The molecule has 5 atom stereocenters. The molecule has 0 radical (unpaired) electrons. The van der Waals surface area contributed by atoms with E-state index >= 15 is 0 Å². The lowest BCUT2D eigenvalue weighted by Crippen LogP contribution is -2.60. The zero-order chi connectivity index (χ0) is 42.5. The van der Waals surface area contributed by atoms with Crippen LogP contribution in [0.4, 0.5) is 0 Å². The van der Waals surface area contributed by atoms with Gasteiger partial charge in [0.05, 0.1) is 26.2 Å². The molecule has 0 saturated carbocycles. The lowest BCUT2D eigenvalue weighted by atomic mass is 9.80. The van der Waals surface area contributed by atoms with Gasteiger partial charge in [0.2, 0.25) is 11.4 Å². The number of esters is 1. The number of nitrogens with zero attached hydrogens (tertiary/aromatic N) is 4. The smallest absolute Gasteiger partial charge is 0.313 e. The number of aliphatic hydroxyl groups is 1. The van der Waals surface area contributed by atoms with Gasteiger partial charge >= 0.3 is 5.97 Å². The Labute approximate surface area is 348 Å². The first-order valence-corrected chi connectivity index (χ1v) is 19.4. The number of carbonyl (C=O) groups excluding carboxylic acids is 2. The van der Waals surface area contributed by atoms with E-state index in [0.717, 1.165) is 16.7 Å². The van der Waals surface area contributed by atoms with Crippen LogP contribution in [-0.4, -0.2) is 111 Å². The molecule has 0 aromatic heterocycles. The van der Waals surface area contributed by atoms with Crippen molar-refractivity contribution in [2.24, 2.45) is 26.1 Å². The van der Waals surface area contributed by atoms with Crippen molar-refractivity contribution in [3.8, 4) is 17.2 Å². The predicted octanol–water partition coefficient (Wildman–Crippen LogP) is 4.49. The monoisotopic (exact) mass is 819 g/mol. The maximum atomic E-state index is 13.6. The van der Waals surface area contributed by atoms with Crippen LogP contribution in [0.25, 0.3) is 0 Å². The summed E-state index contributed by atoms with van der Waals surface area (Å²) in [4.78, 5) is 41.3. The van der Waals surface area contributed by atoms with Gasteiger partial charge in [-0.15, -0.1) is 0 Å². The predicted molar refractivity (Wildman–Crippen MR) is 222 cm³/mol. The van der Waals surface area contributed by atoms with Gasteiger partial charge < -0.3 is 43.2 Å². The molecule has 3 heterocycles. The number of rotatable bonds is 16. The number of ketones is 1. The molecular formula is C45H49N5O10. The molecule has 0 bridgehead atoms. The van der Waals surface area contributed by atoms with Gasteiger partial charge in [-0.1, -0.05) is 72.8 Å². The van der Waals surface area contributed by atoms with Gasteiger partial charge in [-0.25, -0.2) is 9.98 Å². The molecule has 314 valence electrons. The van der Waals surface area contributed by atoms with Crippen LogP contribution in [0.2, 0.25) is 0 Å². The number of amidine groups is 1. The number of fused-ring (bicyclic) bond motifs is 1. The minimum atomic E-state index is -1.91. The van der Waals surface area contributed by atoms with Crippen molar-refractivity contribution < 1.29 is 47.9 Å². The van der Waals surface area contributed by atoms with Crippen molar-refractivity contribution in [1.29, 1.82) is 0 Å². The summed E-state index contributed by atoms with van der Waals surface area (Å²) in [6.07, 6.45) is -3.34. The molecule has 15 nitrogen and oxygen atoms in total. The zero-order valence-electron chi connectivity index (χ0n) is 34.1. The van der Waals surface area contributed by atoms with Crippen LogP contribution in [0, 0.1) is 5.41 Å². The fraction of sp³-hybridized carbons (Fsp3) is 0.356. The Balaban J connectivity index is 1.19. The van der Waals surface area contributed by atoms with Gasteiger partial charge in [0.15, 0.2) is 25.5 Å². The second-order valence-electron chi connectivity index (χ2n) is 15.4. The van der Waals surface area contributed by atoms with Gasteiger partial charge in [-0.3, -0.25) is 20.3 Å². The average molecular weight is 820 g/mol. The molecule has 0 aliphatic carbocycles. The summed E-state index contributed by atoms with van der Waals surface area (Å²) in [6.45, 7) is 4.09. The van der Waals surface area contributed by atoms with Crippen LogP contribution >= 0.6 is 0 Å². The largest absolute Gasteiger partial charge is 0.497 e. The summed E-state index contributed by atoms with van der Waals surface area (Å²) >= 11 is 0. The molecule has 3 aliphatic rings. The number of aliphatic hydroxyl groups excluding tert-OH is 1. The van der Waals surface area contributed by atoms with Crippen LogP contribution in [-0.2, 0) is 34.1 Å². The molecule has 60 heavy (non-hydrogen) atoms. The first-order chi connectivity index (χ1) is 28.9. The summed E-state index contributed by atoms with van der Waals surface area (Å²) in [7, 11) is 3.20. The molecular weight excluding hydrogens is 771 g/mol. The van der Waals surface area contributed by atoms with Gasteiger partial charge in [0.1, 0.15) is 59.9 Å². The van der Waals surface area contributed by atoms with Crippen LogP contribution in [0.5, 0.6) is 17.2 Å². The molecule has 1 unspecified atom stereocenters. The molecule has 1 saturated heterocycles. The third-order valence-corrected chi connectivity index (χ3v) is 10.5. The SMILES string of the molecule is COc1ccc(C(OC[C@H]2O[C@@H](N3CN=C4C3=NC=NC4(N)C(=O)COc3ccccc3)[C@H](OCOC(=O)C(C)(C)C)[C@@H]2O)(c2ccccc2)c2ccc(OC)cc2)cc1. The number of benzene rings is 4. The number of para-hydroxylation sites is 1. The van der Waals surface area contributed by atoms with Crippen molar-refractivity contribution >= 4 is 29.6 Å². The normalized spacial score (nSPS) is 22.4. The fourth-order valence-corrected chi connectivity index (χ4v) is 7.21. The van der Waals surface area contributed by atoms with Crippen molar-refractivity contribution in [2.75, 3.05) is 40.9 Å². The number of methoxy groups -OCH3 is 2. The number of carbonyl (C=O) groups is 2. The highest BCUT2D eigenvalue weighted by Gasteiger charge is 2.54. The standard InChI is InChI=1S/C45H49N5O10/c1-43(2,3)42(53)58-28-57-38-37(52)35(60-41(38)50-27-48-39-40(50)47-26-49-45(39,46)36(51)25-56-34-14-10-7-11-15-34)24-59-44(29-12-8-6-9-13-29,30-16-20-32(54-4)21-17-30)31-18-22-33(55-5)23-19-31/h6-23,26,35,37-38,41,52H,24-25,27-28,46H2,1-5H3/t35-,37-,38-,41-,45?/m1/s1. The van der Waals surface area contributed by atoms with E-state index in [4.69, 9.17) is 38.9 Å². The second-order valence-corrected chi connectivity index (χ2v) is 15.4. The molecule has 0 amide bonds. The molecule has 1 fully saturated rings. The number of Topliss-reactive ketones (excluding diaryl/α,β-unsaturated/α-hetero) is 1. The number of hydrogen-bond acceptors (Lipinski definition) is 15. The second kappa shape index (κ2) is 17.7. The van der Waals surface area contributed by atoms with E-state index in [1.807, 2.05) is 84.9 Å². The summed E-state index contributed by atoms with van der Waals surface area (Å²) in [5.41, 5.74) is 5.19. The maximum absolute atomic E-state index is 13.6. The number of nitrogens with two attached hydrogens (primary N) is 1. The Morgan fingerprint density at radius 2 is 1.43 bits per heavy atom. The topological polar surface area (TPSA) is 185 Å². The molecule has 3 aliphatic heterocycles. The van der Waals surface area contributed by atoms with Crippen molar-refractivity contribution in [3.05, 3.63) is 126 Å². The van der Waals surface area contributed by atoms with E-state index in [9.17, 15) is 14.7 Å². The lowest BCUT2D eigenvalue weighted by molar-refractivity contribution is -0.180. The van der Waals surface area contributed by atoms with Crippen LogP contribution < -0.4 is 19.9 Å². The van der Waals surface area contributed by atoms with E-state index in [1.165, 1.54) is 6.34 Å². The van der Waals surface area contributed by atoms with Crippen LogP contribution in [0.1, 0.15) is 37.5 Å². The molecule has 7 rings (SSSR count). The Morgan fingerprint density at radius 1 is 0.850 bits per heavy atom. The van der Waals surface area contributed by atoms with E-state index in [2.05, 4.69) is 15.0 Å². The average Bonchev–Trinajstić information content (AvgIpc) is 3.84. The molecule has 4 aromatic rings. The summed E-state index contributed by atoms with van der Waals surface area (Å²) in [6, 6.07) is 33.7. The van der Waals surface area contributed by atoms with E-state index in [1.54, 1.807) is 64.2 Å². The van der Waals surface area contributed by atoms with Gasteiger partial charge in [-0.05, 0) is 73.9 Å². The molecule has 4 aromatic carbocycles.